The van der Waals surface area contributed by atoms with Gasteiger partial charge in [0, 0.05) is 125 Å². The molecule has 11 fully saturated rings. The summed E-state index contributed by atoms with van der Waals surface area (Å²) < 4.78 is 0. The zero-order valence-electron chi connectivity index (χ0n) is 63.4. The van der Waals surface area contributed by atoms with Crippen molar-refractivity contribution in [3.05, 3.63) is 35.4 Å². The summed E-state index contributed by atoms with van der Waals surface area (Å²) in [6.07, 6.45) is 32.1. The number of hydrogen-bond acceptors (Lipinski definition) is 13. The van der Waals surface area contributed by atoms with Gasteiger partial charge in [-0.1, -0.05) is 49.9 Å². The van der Waals surface area contributed by atoms with Gasteiger partial charge in [-0.2, -0.15) is 0 Å². The number of likely N-dealkylation sites (tertiary alicyclic amines) is 9. The van der Waals surface area contributed by atoms with Crippen LogP contribution in [0.3, 0.4) is 0 Å². The first-order valence-corrected chi connectivity index (χ1v) is 40.6. The van der Waals surface area contributed by atoms with Gasteiger partial charge in [-0.15, -0.1) is 0 Å². The number of hydrogen-bond donors (Lipinski definition) is 1. The van der Waals surface area contributed by atoms with Crippen molar-refractivity contribution in [1.29, 1.82) is 0 Å². The Labute approximate surface area is 579 Å². The maximum atomic E-state index is 11.1. The monoisotopic (exact) mass is 1310 g/mol. The number of fused-ring (bicyclic) bond motifs is 2. The zero-order valence-corrected chi connectivity index (χ0v) is 63.4. The van der Waals surface area contributed by atoms with Crippen molar-refractivity contribution in [2.24, 2.45) is 11.8 Å². The summed E-state index contributed by atoms with van der Waals surface area (Å²) in [5.41, 5.74) is 3.12. The summed E-state index contributed by atoms with van der Waals surface area (Å²) >= 11 is 0. The highest BCUT2D eigenvalue weighted by Crippen LogP contribution is 2.38. The third kappa shape index (κ3) is 23.7. The average molecular weight is 1310 g/mol. The number of carbonyl (C=O) groups is 1. The van der Waals surface area contributed by atoms with E-state index >= 15 is 0 Å². The molecule has 94 heavy (non-hydrogen) atoms. The van der Waals surface area contributed by atoms with E-state index in [2.05, 4.69) is 165 Å². The molecule has 11 aliphatic heterocycles. The number of nitrogens with zero attached hydrogens (tertiary/aromatic N) is 12. The molecule has 1 N–H and O–H groups in total. The molecule has 540 valence electrons. The lowest BCUT2D eigenvalue weighted by molar-refractivity contribution is -0.119. The van der Waals surface area contributed by atoms with E-state index in [4.69, 9.17) is 0 Å². The number of nitrogens with one attached hydrogen (secondary N) is 1. The van der Waals surface area contributed by atoms with E-state index in [0.717, 1.165) is 85.7 Å². The predicted molar refractivity (Wildman–Crippen MR) is 398 cm³/mol. The molecule has 13 rings (SSSR count). The van der Waals surface area contributed by atoms with Gasteiger partial charge in [-0.05, 0) is 333 Å². The Morgan fingerprint density at radius 2 is 0.713 bits per heavy atom. The van der Waals surface area contributed by atoms with Gasteiger partial charge >= 0.3 is 0 Å². The van der Waals surface area contributed by atoms with Gasteiger partial charge in [0.1, 0.15) is 0 Å². The molecule has 12 aliphatic rings. The Hall–Kier alpha value is -1.79. The molecule has 1 amide bonds. The normalized spacial score (nSPS) is 28.6. The minimum absolute atomic E-state index is 0.108. The van der Waals surface area contributed by atoms with E-state index in [1.807, 2.05) is 0 Å². The van der Waals surface area contributed by atoms with Crippen LogP contribution in [0, 0.1) is 11.8 Å². The minimum Gasteiger partial charge on any atom is -0.352 e. The van der Waals surface area contributed by atoms with Gasteiger partial charge in [0.2, 0.25) is 5.91 Å². The van der Waals surface area contributed by atoms with Gasteiger partial charge in [0.25, 0.3) is 0 Å². The molecule has 0 bridgehead atoms. The summed E-state index contributed by atoms with van der Waals surface area (Å²) in [7, 11) is 2.25. The predicted octanol–water partition coefficient (Wildman–Crippen LogP) is 11.7. The highest BCUT2D eigenvalue weighted by atomic mass is 16.1. The van der Waals surface area contributed by atoms with Crippen LogP contribution in [-0.4, -0.2) is 295 Å². The highest BCUT2D eigenvalue weighted by Gasteiger charge is 2.37. The van der Waals surface area contributed by atoms with Crippen molar-refractivity contribution in [2.45, 2.75) is 303 Å². The lowest BCUT2D eigenvalue weighted by atomic mass is 9.74. The van der Waals surface area contributed by atoms with Crippen LogP contribution in [0.25, 0.3) is 0 Å². The number of rotatable bonds is 12. The van der Waals surface area contributed by atoms with Crippen LogP contribution in [0.2, 0.25) is 0 Å². The SMILES string of the molecule is CC(=O)NC1CCN(C2CCN(C(C)C)CC2)C1.CC(C)N1CCC(N2CCC(N3CCCCC3)CC2)CC1.CC(C)N1CCC(N2CCC3CCCCC3C2)CC1.CC(C)N1CCC(N2CCCN(C)CC2)CC1.CC(C)N1CCC(N2CCc3ccccc3C2)CC1. The first-order chi connectivity index (χ1) is 45.4. The Bertz CT molecular complexity index is 2210. The van der Waals surface area contributed by atoms with Crippen molar-refractivity contribution in [1.82, 2.24) is 64.1 Å². The minimum atomic E-state index is 0.108. The second-order valence-corrected chi connectivity index (χ2v) is 33.6. The van der Waals surface area contributed by atoms with Gasteiger partial charge in [0.05, 0.1) is 0 Å². The quantitative estimate of drug-likeness (QED) is 0.216. The fraction of sp³-hybridized carbons (Fsp3) is 0.912. The lowest BCUT2D eigenvalue weighted by Gasteiger charge is -2.47. The molecule has 3 atom stereocenters. The largest absolute Gasteiger partial charge is 0.352 e. The van der Waals surface area contributed by atoms with Crippen LogP contribution in [-0.2, 0) is 17.8 Å². The van der Waals surface area contributed by atoms with Crippen molar-refractivity contribution < 1.29 is 4.79 Å². The third-order valence-electron chi connectivity index (χ3n) is 26.0. The molecule has 10 saturated heterocycles. The lowest BCUT2D eigenvalue weighted by Crippen LogP contribution is -2.52. The molecule has 0 spiro atoms. The molecular formula is C80H149N13O. The smallest absolute Gasteiger partial charge is 0.217 e. The number of benzene rings is 1. The van der Waals surface area contributed by atoms with Gasteiger partial charge in [-0.3, -0.25) is 24.4 Å². The van der Waals surface area contributed by atoms with E-state index in [1.165, 1.54) is 285 Å². The molecule has 14 nitrogen and oxygen atoms in total. The van der Waals surface area contributed by atoms with E-state index in [0.29, 0.717) is 18.1 Å². The van der Waals surface area contributed by atoms with Gasteiger partial charge < -0.3 is 44.5 Å². The van der Waals surface area contributed by atoms with Crippen LogP contribution in [0.1, 0.15) is 229 Å². The molecule has 1 saturated carbocycles. The molecule has 1 aliphatic carbocycles. The molecular weight excluding hydrogens is 1160 g/mol. The Kier molecular flexibility index (Phi) is 32.0. The fourth-order valence-electron chi connectivity index (χ4n) is 19.5. The van der Waals surface area contributed by atoms with Crippen LogP contribution in [0.5, 0.6) is 0 Å². The zero-order chi connectivity index (χ0) is 66.5. The molecule has 0 aromatic heterocycles. The Morgan fingerprint density at radius 1 is 0.340 bits per heavy atom. The van der Waals surface area contributed by atoms with Gasteiger partial charge in [0.15, 0.2) is 0 Å². The van der Waals surface area contributed by atoms with Crippen LogP contribution in [0.4, 0.5) is 0 Å². The number of amides is 1. The summed E-state index contributed by atoms with van der Waals surface area (Å²) in [5.74, 6) is 2.24. The van der Waals surface area contributed by atoms with Crippen LogP contribution in [0.15, 0.2) is 24.3 Å². The van der Waals surface area contributed by atoms with Crippen molar-refractivity contribution in [2.75, 3.05) is 158 Å². The van der Waals surface area contributed by atoms with Crippen molar-refractivity contribution >= 4 is 5.91 Å². The third-order valence-corrected chi connectivity index (χ3v) is 26.0. The maximum Gasteiger partial charge on any atom is 0.217 e. The molecule has 14 heteroatoms. The Balaban J connectivity index is 0.000000139. The highest BCUT2D eigenvalue weighted by molar-refractivity contribution is 5.73. The molecule has 0 radical (unpaired) electrons. The maximum absolute atomic E-state index is 11.1. The number of likely N-dealkylation sites (N-methyl/N-ethyl adjacent to an activating group) is 1. The van der Waals surface area contributed by atoms with E-state index < -0.39 is 0 Å². The first-order valence-electron chi connectivity index (χ1n) is 40.6. The fourth-order valence-corrected chi connectivity index (χ4v) is 19.5. The van der Waals surface area contributed by atoms with Crippen molar-refractivity contribution in [3.8, 4) is 0 Å². The van der Waals surface area contributed by atoms with E-state index in [1.54, 1.807) is 18.1 Å². The average Bonchev–Trinajstić information content (AvgIpc) is 1.03. The van der Waals surface area contributed by atoms with E-state index in [9.17, 15) is 4.79 Å². The topological polar surface area (TPSA) is 68.0 Å². The summed E-state index contributed by atoms with van der Waals surface area (Å²) in [5, 5.41) is 3.05. The van der Waals surface area contributed by atoms with Crippen molar-refractivity contribution in [3.63, 3.8) is 0 Å². The van der Waals surface area contributed by atoms with Gasteiger partial charge in [-0.25, -0.2) is 0 Å². The number of carbonyl (C=O) groups excluding carboxylic acids is 1. The Morgan fingerprint density at radius 3 is 1.18 bits per heavy atom. The standard InChI is InChI=1S/C18H35N3.C17H32N2.C17H26N2.C14H27N3O.C14H29N3/c1-16(2)19-12-6-18(7-13-19)21-14-8-17(9-15-21)20-10-4-3-5-11-20;2*1-14(2)18-11-8-17(9-12-18)19-10-7-15-5-3-4-6-16(15)13-19;1-11(2)16-8-5-14(6-9-16)17-7-4-13(10-17)15-12(3)18;1-13(2)16-9-5-14(6-10-16)17-8-4-7-15(3)11-12-17/h16-18H,3-15H2,1-2H3;14-17H,3-13H2,1-2H3;3-6,14,17H,7-13H2,1-2H3;11,13-14H,4-10H2,1-3H3,(H,15,18);13-14H,4-12H2,1-3H3. The number of piperidine rings is 8. The second-order valence-electron chi connectivity index (χ2n) is 33.6. The summed E-state index contributed by atoms with van der Waals surface area (Å²) in [6.45, 7) is 55.7. The molecule has 11 heterocycles. The molecule has 1 aromatic carbocycles. The van der Waals surface area contributed by atoms with Crippen LogP contribution < -0.4 is 5.32 Å². The first kappa shape index (κ1) is 76.4. The van der Waals surface area contributed by atoms with E-state index in [-0.39, 0.29) is 5.91 Å². The summed E-state index contributed by atoms with van der Waals surface area (Å²) in [4.78, 5) is 43.2. The molecule has 1 aromatic rings. The van der Waals surface area contributed by atoms with Crippen LogP contribution >= 0.6 is 0 Å². The molecule has 3 unspecified atom stereocenters. The second kappa shape index (κ2) is 39.4. The summed E-state index contributed by atoms with van der Waals surface area (Å²) in [6, 6.07) is 18.0.